The predicted molar refractivity (Wildman–Crippen MR) is 89.8 cm³/mol. The first-order valence-electron chi connectivity index (χ1n) is 8.52. The zero-order valence-electron chi connectivity index (χ0n) is 13.8. The minimum Gasteiger partial charge on any atom is -0.394 e. The monoisotopic (exact) mass is 321 g/mol. The molecule has 1 aromatic rings. The topological polar surface area (TPSA) is 73.8 Å². The Morgan fingerprint density at radius 2 is 2.17 bits per heavy atom. The van der Waals surface area contributed by atoms with Crippen LogP contribution in [0, 0.1) is 0 Å². The van der Waals surface area contributed by atoms with Crippen molar-refractivity contribution >= 4 is 11.6 Å². The van der Waals surface area contributed by atoms with Crippen LogP contribution in [0.1, 0.15) is 19.8 Å². The van der Waals surface area contributed by atoms with Gasteiger partial charge < -0.3 is 20.1 Å². The fraction of sp³-hybridized carbons (Fsp3) is 0.750. The molecule has 0 saturated carbocycles. The summed E-state index contributed by atoms with van der Waals surface area (Å²) in [5, 5.41) is 12.9. The second kappa shape index (κ2) is 7.90. The molecule has 2 N–H and O–H groups in total. The lowest BCUT2D eigenvalue weighted by Gasteiger charge is -2.29. The molecule has 7 nitrogen and oxygen atoms in total. The SMILES string of the molecule is CC(CN1CCOCC1)Nc1cc(N2CCCC2CO)ncn1. The number of aromatic nitrogens is 2. The molecule has 23 heavy (non-hydrogen) atoms. The van der Waals surface area contributed by atoms with Crippen LogP contribution in [0.5, 0.6) is 0 Å². The van der Waals surface area contributed by atoms with Gasteiger partial charge in [-0.2, -0.15) is 0 Å². The van der Waals surface area contributed by atoms with Gasteiger partial charge in [0.1, 0.15) is 18.0 Å². The van der Waals surface area contributed by atoms with E-state index in [-0.39, 0.29) is 12.6 Å². The molecule has 128 valence electrons. The van der Waals surface area contributed by atoms with Gasteiger partial charge in [0.15, 0.2) is 0 Å². The standard InChI is InChI=1S/C16H27N5O2/c1-13(10-20-5-7-23-8-6-20)19-15-9-16(18-12-17-15)21-4-2-3-14(21)11-22/h9,12-14,22H,2-8,10-11H2,1H3,(H,17,18,19). The second-order valence-electron chi connectivity index (χ2n) is 6.39. The summed E-state index contributed by atoms with van der Waals surface area (Å²) >= 11 is 0. The summed E-state index contributed by atoms with van der Waals surface area (Å²) in [6, 6.07) is 2.48. The van der Waals surface area contributed by atoms with Crippen molar-refractivity contribution in [2.75, 3.05) is 56.2 Å². The molecule has 3 rings (SSSR count). The van der Waals surface area contributed by atoms with Crippen molar-refractivity contribution in [2.24, 2.45) is 0 Å². The van der Waals surface area contributed by atoms with Gasteiger partial charge in [-0.05, 0) is 19.8 Å². The third kappa shape index (κ3) is 4.31. The van der Waals surface area contributed by atoms with E-state index in [4.69, 9.17) is 4.74 Å². The van der Waals surface area contributed by atoms with E-state index in [2.05, 4.69) is 32.0 Å². The van der Waals surface area contributed by atoms with Gasteiger partial charge in [-0.25, -0.2) is 9.97 Å². The molecule has 0 aliphatic carbocycles. The molecule has 0 bridgehead atoms. The highest BCUT2D eigenvalue weighted by molar-refractivity contribution is 5.50. The number of rotatable bonds is 6. The van der Waals surface area contributed by atoms with E-state index in [0.717, 1.165) is 63.9 Å². The first-order valence-corrected chi connectivity index (χ1v) is 8.52. The Morgan fingerprint density at radius 3 is 2.96 bits per heavy atom. The van der Waals surface area contributed by atoms with Crippen LogP contribution in [0.25, 0.3) is 0 Å². The van der Waals surface area contributed by atoms with Crippen LogP contribution in [-0.4, -0.2) is 78.1 Å². The normalized spacial score (nSPS) is 23.9. The Labute approximate surface area is 137 Å². The van der Waals surface area contributed by atoms with Crippen molar-refractivity contribution in [3.8, 4) is 0 Å². The van der Waals surface area contributed by atoms with Gasteiger partial charge in [0.25, 0.3) is 0 Å². The number of hydrogen-bond donors (Lipinski definition) is 2. The molecule has 2 saturated heterocycles. The maximum atomic E-state index is 9.48. The highest BCUT2D eigenvalue weighted by atomic mass is 16.5. The van der Waals surface area contributed by atoms with E-state index >= 15 is 0 Å². The van der Waals surface area contributed by atoms with Crippen molar-refractivity contribution < 1.29 is 9.84 Å². The van der Waals surface area contributed by atoms with Gasteiger partial charge in [-0.3, -0.25) is 4.90 Å². The first-order chi connectivity index (χ1) is 11.3. The van der Waals surface area contributed by atoms with E-state index in [1.165, 1.54) is 0 Å². The summed E-state index contributed by atoms with van der Waals surface area (Å²) in [4.78, 5) is 13.3. The molecule has 2 aliphatic heterocycles. The summed E-state index contributed by atoms with van der Waals surface area (Å²) in [6.45, 7) is 7.91. The molecule has 2 atom stereocenters. The Bertz CT molecular complexity index is 495. The highest BCUT2D eigenvalue weighted by Gasteiger charge is 2.25. The zero-order chi connectivity index (χ0) is 16.1. The lowest BCUT2D eigenvalue weighted by molar-refractivity contribution is 0.0368. The zero-order valence-corrected chi connectivity index (χ0v) is 13.8. The van der Waals surface area contributed by atoms with E-state index < -0.39 is 0 Å². The van der Waals surface area contributed by atoms with E-state index in [1.54, 1.807) is 6.33 Å². The Kier molecular flexibility index (Phi) is 5.64. The molecule has 0 radical (unpaired) electrons. The molecule has 2 unspecified atom stereocenters. The number of anilines is 2. The molecule has 0 spiro atoms. The average Bonchev–Trinajstić information content (AvgIpc) is 3.04. The van der Waals surface area contributed by atoms with E-state index in [1.807, 2.05) is 6.07 Å². The largest absolute Gasteiger partial charge is 0.394 e. The molecule has 0 amide bonds. The summed E-state index contributed by atoms with van der Waals surface area (Å²) in [7, 11) is 0. The number of hydrogen-bond acceptors (Lipinski definition) is 7. The third-order valence-corrected chi connectivity index (χ3v) is 4.56. The summed E-state index contributed by atoms with van der Waals surface area (Å²) < 4.78 is 5.38. The second-order valence-corrected chi connectivity index (χ2v) is 6.39. The summed E-state index contributed by atoms with van der Waals surface area (Å²) in [5.41, 5.74) is 0. The molecule has 1 aromatic heterocycles. The lowest BCUT2D eigenvalue weighted by atomic mass is 10.2. The fourth-order valence-electron chi connectivity index (χ4n) is 3.38. The van der Waals surface area contributed by atoms with Crippen molar-refractivity contribution in [1.82, 2.24) is 14.9 Å². The quantitative estimate of drug-likeness (QED) is 0.793. The van der Waals surface area contributed by atoms with Crippen molar-refractivity contribution in [1.29, 1.82) is 0 Å². The molecular weight excluding hydrogens is 294 g/mol. The van der Waals surface area contributed by atoms with Crippen LogP contribution in [0.15, 0.2) is 12.4 Å². The fourth-order valence-corrected chi connectivity index (χ4v) is 3.38. The molecule has 2 aliphatic rings. The van der Waals surface area contributed by atoms with Crippen LogP contribution in [0.4, 0.5) is 11.6 Å². The number of ether oxygens (including phenoxy) is 1. The Hall–Kier alpha value is -1.44. The van der Waals surface area contributed by atoms with Gasteiger partial charge in [0.05, 0.1) is 25.9 Å². The van der Waals surface area contributed by atoms with Gasteiger partial charge in [0, 0.05) is 38.3 Å². The van der Waals surface area contributed by atoms with Crippen LogP contribution in [0.3, 0.4) is 0 Å². The smallest absolute Gasteiger partial charge is 0.134 e. The van der Waals surface area contributed by atoms with E-state index in [9.17, 15) is 5.11 Å². The molecule has 0 aromatic carbocycles. The molecular formula is C16H27N5O2. The van der Waals surface area contributed by atoms with Crippen molar-refractivity contribution in [3.05, 3.63) is 12.4 Å². The molecule has 7 heteroatoms. The number of morpholine rings is 1. The van der Waals surface area contributed by atoms with Crippen molar-refractivity contribution in [3.63, 3.8) is 0 Å². The minimum atomic E-state index is 0.181. The summed E-state index contributed by atoms with van der Waals surface area (Å²) in [6.07, 6.45) is 3.73. The number of aliphatic hydroxyl groups is 1. The predicted octanol–water partition coefficient (Wildman–Crippen LogP) is 0.570. The van der Waals surface area contributed by atoms with Gasteiger partial charge in [-0.15, -0.1) is 0 Å². The first kappa shape index (κ1) is 16.4. The van der Waals surface area contributed by atoms with Crippen LogP contribution < -0.4 is 10.2 Å². The lowest BCUT2D eigenvalue weighted by Crippen LogP contribution is -2.42. The van der Waals surface area contributed by atoms with Crippen molar-refractivity contribution in [2.45, 2.75) is 31.8 Å². The highest BCUT2D eigenvalue weighted by Crippen LogP contribution is 2.24. The summed E-state index contributed by atoms with van der Waals surface area (Å²) in [5.74, 6) is 1.75. The van der Waals surface area contributed by atoms with Gasteiger partial charge >= 0.3 is 0 Å². The van der Waals surface area contributed by atoms with Gasteiger partial charge in [0.2, 0.25) is 0 Å². The maximum Gasteiger partial charge on any atom is 0.134 e. The third-order valence-electron chi connectivity index (χ3n) is 4.56. The van der Waals surface area contributed by atoms with Crippen LogP contribution in [0.2, 0.25) is 0 Å². The Morgan fingerprint density at radius 1 is 1.35 bits per heavy atom. The number of aliphatic hydroxyl groups excluding tert-OH is 1. The minimum absolute atomic E-state index is 0.181. The van der Waals surface area contributed by atoms with Gasteiger partial charge in [-0.1, -0.05) is 0 Å². The number of nitrogens with one attached hydrogen (secondary N) is 1. The Balaban J connectivity index is 1.58. The average molecular weight is 321 g/mol. The molecule has 3 heterocycles. The van der Waals surface area contributed by atoms with Crippen LogP contribution >= 0.6 is 0 Å². The molecule has 2 fully saturated rings. The van der Waals surface area contributed by atoms with E-state index in [0.29, 0.717) is 6.04 Å². The number of nitrogens with zero attached hydrogens (tertiary/aromatic N) is 4. The van der Waals surface area contributed by atoms with Crippen LogP contribution in [-0.2, 0) is 4.74 Å². The maximum absolute atomic E-state index is 9.48.